The van der Waals surface area contributed by atoms with E-state index in [1.807, 2.05) is 7.05 Å². The maximum Gasteiger partial charge on any atom is 0.130 e. The molecular formula is C17H32ClN3. The van der Waals surface area contributed by atoms with E-state index in [0.717, 1.165) is 30.4 Å². The predicted octanol–water partition coefficient (Wildman–Crippen LogP) is 4.51. The third-order valence-electron chi connectivity index (χ3n) is 4.56. The van der Waals surface area contributed by atoms with Crippen molar-refractivity contribution >= 4 is 11.6 Å². The van der Waals surface area contributed by atoms with E-state index in [0.29, 0.717) is 5.41 Å². The Bertz CT molecular complexity index is 428. The van der Waals surface area contributed by atoms with E-state index in [-0.39, 0.29) is 0 Å². The summed E-state index contributed by atoms with van der Waals surface area (Å²) < 4.78 is 1.80. The molecule has 4 heteroatoms. The van der Waals surface area contributed by atoms with Crippen LogP contribution >= 0.6 is 11.6 Å². The molecule has 0 fully saturated rings. The molecule has 1 atom stereocenters. The van der Waals surface area contributed by atoms with Crippen molar-refractivity contribution in [3.63, 3.8) is 0 Å². The van der Waals surface area contributed by atoms with Gasteiger partial charge in [0.05, 0.1) is 5.69 Å². The molecule has 0 bridgehead atoms. The zero-order valence-corrected chi connectivity index (χ0v) is 15.2. The smallest absolute Gasteiger partial charge is 0.130 e. The summed E-state index contributed by atoms with van der Waals surface area (Å²) in [5, 5.41) is 8.90. The number of aromatic nitrogens is 2. The number of nitrogens with zero attached hydrogens (tertiary/aromatic N) is 2. The van der Waals surface area contributed by atoms with Gasteiger partial charge in [0.25, 0.3) is 0 Å². The Hall–Kier alpha value is -0.540. The standard InChI is InChI=1S/C17H32ClN3/c1-6-9-10-17(8-3,13-19-11-7-2)12-15-14(4)20-21(5)16(15)18/h19H,6-13H2,1-5H3. The topological polar surface area (TPSA) is 29.9 Å². The lowest BCUT2D eigenvalue weighted by Gasteiger charge is -2.33. The number of halogens is 1. The number of aryl methyl sites for hydroxylation is 2. The molecule has 21 heavy (non-hydrogen) atoms. The molecule has 3 nitrogen and oxygen atoms in total. The lowest BCUT2D eigenvalue weighted by molar-refractivity contribution is 0.229. The Morgan fingerprint density at radius 3 is 2.43 bits per heavy atom. The fraction of sp³-hybridized carbons (Fsp3) is 0.824. The van der Waals surface area contributed by atoms with Gasteiger partial charge in [-0.25, -0.2) is 0 Å². The van der Waals surface area contributed by atoms with E-state index in [1.165, 1.54) is 37.7 Å². The van der Waals surface area contributed by atoms with Crippen LogP contribution in [0.2, 0.25) is 5.15 Å². The zero-order valence-electron chi connectivity index (χ0n) is 14.4. The molecule has 0 aromatic carbocycles. The second-order valence-corrected chi connectivity index (χ2v) is 6.65. The number of unbranched alkanes of at least 4 members (excludes halogenated alkanes) is 1. The molecule has 122 valence electrons. The van der Waals surface area contributed by atoms with Crippen molar-refractivity contribution in [3.05, 3.63) is 16.4 Å². The van der Waals surface area contributed by atoms with Gasteiger partial charge in [0, 0.05) is 19.2 Å². The van der Waals surface area contributed by atoms with E-state index in [2.05, 4.69) is 38.1 Å². The van der Waals surface area contributed by atoms with Gasteiger partial charge in [-0.05, 0) is 44.6 Å². The number of nitrogens with one attached hydrogen (secondary N) is 1. The fourth-order valence-electron chi connectivity index (χ4n) is 3.00. The van der Waals surface area contributed by atoms with E-state index in [9.17, 15) is 0 Å². The van der Waals surface area contributed by atoms with Gasteiger partial charge in [0.15, 0.2) is 0 Å². The Kier molecular flexibility index (Phi) is 7.75. The quantitative estimate of drug-likeness (QED) is 0.644. The number of hydrogen-bond donors (Lipinski definition) is 1. The second kappa shape index (κ2) is 8.79. The number of rotatable bonds is 10. The Balaban J connectivity index is 2.93. The van der Waals surface area contributed by atoms with Crippen LogP contribution < -0.4 is 5.32 Å². The van der Waals surface area contributed by atoms with Crippen LogP contribution in [0.15, 0.2) is 0 Å². The molecule has 1 heterocycles. The molecule has 0 aliphatic carbocycles. The molecule has 0 radical (unpaired) electrons. The molecule has 0 spiro atoms. The van der Waals surface area contributed by atoms with Crippen molar-refractivity contribution in [2.24, 2.45) is 12.5 Å². The highest BCUT2D eigenvalue weighted by atomic mass is 35.5. The summed E-state index contributed by atoms with van der Waals surface area (Å²) in [5.74, 6) is 0. The lowest BCUT2D eigenvalue weighted by Crippen LogP contribution is -2.36. The third-order valence-corrected chi connectivity index (χ3v) is 5.03. The van der Waals surface area contributed by atoms with Crippen molar-refractivity contribution in [1.82, 2.24) is 15.1 Å². The highest BCUT2D eigenvalue weighted by Gasteiger charge is 2.30. The molecular weight excluding hydrogens is 282 g/mol. The van der Waals surface area contributed by atoms with Gasteiger partial charge in [-0.1, -0.05) is 45.2 Å². The average Bonchev–Trinajstić information content (AvgIpc) is 2.71. The molecule has 0 amide bonds. The van der Waals surface area contributed by atoms with Gasteiger partial charge in [-0.15, -0.1) is 0 Å². The minimum absolute atomic E-state index is 0.294. The van der Waals surface area contributed by atoms with E-state index >= 15 is 0 Å². The van der Waals surface area contributed by atoms with Crippen molar-refractivity contribution < 1.29 is 0 Å². The summed E-state index contributed by atoms with van der Waals surface area (Å²) in [6, 6.07) is 0. The van der Waals surface area contributed by atoms with Crippen LogP contribution in [0.5, 0.6) is 0 Å². The molecule has 0 saturated heterocycles. The molecule has 1 N–H and O–H groups in total. The Morgan fingerprint density at radius 2 is 1.95 bits per heavy atom. The largest absolute Gasteiger partial charge is 0.316 e. The summed E-state index contributed by atoms with van der Waals surface area (Å²) >= 11 is 6.45. The van der Waals surface area contributed by atoms with Gasteiger partial charge in [0.2, 0.25) is 0 Å². The predicted molar refractivity (Wildman–Crippen MR) is 92.1 cm³/mol. The van der Waals surface area contributed by atoms with Crippen LogP contribution in [0.25, 0.3) is 0 Å². The van der Waals surface area contributed by atoms with Crippen LogP contribution in [0.4, 0.5) is 0 Å². The summed E-state index contributed by atoms with van der Waals surface area (Å²) in [4.78, 5) is 0. The van der Waals surface area contributed by atoms with Crippen molar-refractivity contribution in [1.29, 1.82) is 0 Å². The lowest BCUT2D eigenvalue weighted by atomic mass is 9.75. The summed E-state index contributed by atoms with van der Waals surface area (Å²) in [5.41, 5.74) is 2.60. The molecule has 0 aliphatic heterocycles. The minimum atomic E-state index is 0.294. The molecule has 1 rings (SSSR count). The van der Waals surface area contributed by atoms with Crippen molar-refractivity contribution in [2.75, 3.05) is 13.1 Å². The Labute approximate surface area is 135 Å². The molecule has 1 unspecified atom stereocenters. The van der Waals surface area contributed by atoms with E-state index < -0.39 is 0 Å². The van der Waals surface area contributed by atoms with Crippen LogP contribution in [-0.4, -0.2) is 22.9 Å². The van der Waals surface area contributed by atoms with Crippen molar-refractivity contribution in [3.8, 4) is 0 Å². The SMILES string of the molecule is CCCCC(CC)(CNCCC)Cc1c(C)nn(C)c1Cl. The first-order chi connectivity index (χ1) is 9.99. The normalized spacial score (nSPS) is 14.4. The third kappa shape index (κ3) is 5.00. The highest BCUT2D eigenvalue weighted by Crippen LogP contribution is 2.35. The van der Waals surface area contributed by atoms with Crippen LogP contribution in [-0.2, 0) is 13.5 Å². The maximum absolute atomic E-state index is 6.45. The maximum atomic E-state index is 6.45. The fourth-order valence-corrected chi connectivity index (χ4v) is 3.24. The Morgan fingerprint density at radius 1 is 1.24 bits per heavy atom. The van der Waals surface area contributed by atoms with E-state index in [4.69, 9.17) is 11.6 Å². The van der Waals surface area contributed by atoms with Crippen LogP contribution in [0.1, 0.15) is 64.1 Å². The first kappa shape index (κ1) is 18.5. The summed E-state index contributed by atoms with van der Waals surface area (Å²) in [7, 11) is 1.92. The van der Waals surface area contributed by atoms with Gasteiger partial charge in [-0.2, -0.15) is 5.10 Å². The molecule has 0 saturated carbocycles. The van der Waals surface area contributed by atoms with Gasteiger partial charge >= 0.3 is 0 Å². The van der Waals surface area contributed by atoms with Gasteiger partial charge < -0.3 is 5.32 Å². The van der Waals surface area contributed by atoms with Crippen LogP contribution in [0, 0.1) is 12.3 Å². The summed E-state index contributed by atoms with van der Waals surface area (Å²) in [6.07, 6.45) is 7.16. The average molecular weight is 314 g/mol. The first-order valence-corrected chi connectivity index (χ1v) is 8.76. The zero-order chi connectivity index (χ0) is 15.9. The summed E-state index contributed by atoms with van der Waals surface area (Å²) in [6.45, 7) is 11.0. The first-order valence-electron chi connectivity index (χ1n) is 8.38. The minimum Gasteiger partial charge on any atom is -0.316 e. The molecule has 0 aliphatic rings. The van der Waals surface area contributed by atoms with E-state index in [1.54, 1.807) is 4.68 Å². The second-order valence-electron chi connectivity index (χ2n) is 6.29. The molecule has 1 aromatic heterocycles. The van der Waals surface area contributed by atoms with Crippen molar-refractivity contribution in [2.45, 2.75) is 66.2 Å². The highest BCUT2D eigenvalue weighted by molar-refractivity contribution is 6.30. The van der Waals surface area contributed by atoms with Gasteiger partial charge in [-0.3, -0.25) is 4.68 Å². The van der Waals surface area contributed by atoms with Gasteiger partial charge in [0.1, 0.15) is 5.15 Å². The molecule has 1 aromatic rings. The monoisotopic (exact) mass is 313 g/mol. The number of hydrogen-bond acceptors (Lipinski definition) is 2. The van der Waals surface area contributed by atoms with Crippen LogP contribution in [0.3, 0.4) is 0 Å².